The van der Waals surface area contributed by atoms with Crippen LogP contribution in [0.5, 0.6) is 5.75 Å². The van der Waals surface area contributed by atoms with E-state index < -0.39 is 0 Å². The third-order valence-electron chi connectivity index (χ3n) is 6.23. The fourth-order valence-corrected chi connectivity index (χ4v) is 5.79. The lowest BCUT2D eigenvalue weighted by Crippen LogP contribution is -2.37. The molecule has 2 unspecified atom stereocenters. The molecule has 2 saturated heterocycles. The lowest BCUT2D eigenvalue weighted by Gasteiger charge is -2.26. The van der Waals surface area contributed by atoms with Crippen molar-refractivity contribution in [3.05, 3.63) is 53.0 Å². The van der Waals surface area contributed by atoms with E-state index in [1.165, 1.54) is 0 Å². The molecule has 2 aliphatic heterocycles. The molecule has 0 radical (unpaired) electrons. The summed E-state index contributed by atoms with van der Waals surface area (Å²) in [6, 6.07) is 13.9. The number of fused-ring (bicyclic) bond motifs is 1. The molecule has 2 amide bonds. The summed E-state index contributed by atoms with van der Waals surface area (Å²) >= 11 is 1.66. The van der Waals surface area contributed by atoms with Crippen molar-refractivity contribution in [1.82, 2.24) is 9.88 Å². The van der Waals surface area contributed by atoms with Crippen molar-refractivity contribution < 1.29 is 14.3 Å². The Morgan fingerprint density at radius 1 is 1.23 bits per heavy atom. The van der Waals surface area contributed by atoms with Crippen LogP contribution in [0.2, 0.25) is 0 Å². The average molecular weight is 436 g/mol. The Balaban J connectivity index is 1.37. The molecular weight excluding hydrogens is 410 g/mol. The van der Waals surface area contributed by atoms with Crippen LogP contribution in [-0.2, 0) is 9.59 Å². The summed E-state index contributed by atoms with van der Waals surface area (Å²) in [5, 5.41) is 0.994. The highest BCUT2D eigenvalue weighted by Gasteiger charge is 2.42. The van der Waals surface area contributed by atoms with E-state index in [4.69, 9.17) is 9.72 Å². The Morgan fingerprint density at radius 3 is 2.87 bits per heavy atom. The van der Waals surface area contributed by atoms with Gasteiger partial charge in [0.25, 0.3) is 0 Å². The van der Waals surface area contributed by atoms with Crippen molar-refractivity contribution in [3.63, 3.8) is 0 Å². The number of methoxy groups -OCH3 is 1. The predicted molar refractivity (Wildman–Crippen MR) is 121 cm³/mol. The van der Waals surface area contributed by atoms with Crippen LogP contribution >= 0.6 is 11.3 Å². The number of aryl methyl sites for hydroxylation is 1. The van der Waals surface area contributed by atoms with Gasteiger partial charge in [0.2, 0.25) is 11.8 Å². The second kappa shape index (κ2) is 7.96. The number of hydrogen-bond donors (Lipinski definition) is 0. The van der Waals surface area contributed by atoms with Crippen molar-refractivity contribution in [3.8, 4) is 5.75 Å². The van der Waals surface area contributed by atoms with Gasteiger partial charge in [0, 0.05) is 19.5 Å². The Hall–Kier alpha value is -2.93. The molecule has 160 valence electrons. The van der Waals surface area contributed by atoms with Crippen LogP contribution in [0.1, 0.15) is 35.9 Å². The molecule has 31 heavy (non-hydrogen) atoms. The van der Waals surface area contributed by atoms with Gasteiger partial charge in [-0.3, -0.25) is 9.59 Å². The SMILES string of the molecule is COc1ccc(C)cc1N1CC(C(=O)N2CCCC2c2nc3ccccc3s2)CC1=O. The van der Waals surface area contributed by atoms with E-state index >= 15 is 0 Å². The monoisotopic (exact) mass is 435 g/mol. The zero-order chi connectivity index (χ0) is 21.5. The molecule has 3 heterocycles. The summed E-state index contributed by atoms with van der Waals surface area (Å²) in [5.74, 6) is 0.343. The first-order valence-electron chi connectivity index (χ1n) is 10.7. The first kappa shape index (κ1) is 20.0. The highest BCUT2D eigenvalue weighted by atomic mass is 32.1. The van der Waals surface area contributed by atoms with Gasteiger partial charge in [-0.25, -0.2) is 4.98 Å². The molecule has 7 heteroatoms. The van der Waals surface area contributed by atoms with Gasteiger partial charge < -0.3 is 14.5 Å². The predicted octanol–water partition coefficient (Wildman–Crippen LogP) is 4.33. The van der Waals surface area contributed by atoms with Crippen LogP contribution in [0.15, 0.2) is 42.5 Å². The van der Waals surface area contributed by atoms with E-state index in [-0.39, 0.29) is 30.2 Å². The molecule has 0 N–H and O–H groups in total. The van der Waals surface area contributed by atoms with Crippen molar-refractivity contribution in [2.45, 2.75) is 32.2 Å². The van der Waals surface area contributed by atoms with Crippen molar-refractivity contribution in [1.29, 1.82) is 0 Å². The van der Waals surface area contributed by atoms with E-state index in [1.807, 2.05) is 48.2 Å². The summed E-state index contributed by atoms with van der Waals surface area (Å²) in [6.45, 7) is 3.09. The molecule has 0 spiro atoms. The number of para-hydroxylation sites is 1. The largest absolute Gasteiger partial charge is 0.495 e. The molecule has 2 aromatic carbocycles. The first-order chi connectivity index (χ1) is 15.0. The molecule has 2 aliphatic rings. The summed E-state index contributed by atoms with van der Waals surface area (Å²) in [7, 11) is 1.60. The smallest absolute Gasteiger partial charge is 0.228 e. The lowest BCUT2D eigenvalue weighted by atomic mass is 10.1. The second-order valence-electron chi connectivity index (χ2n) is 8.29. The molecular formula is C24H25N3O3S. The van der Waals surface area contributed by atoms with Gasteiger partial charge >= 0.3 is 0 Å². The molecule has 0 saturated carbocycles. The molecule has 0 bridgehead atoms. The number of benzene rings is 2. The molecule has 3 aromatic rings. The highest BCUT2D eigenvalue weighted by Crippen LogP contribution is 2.39. The normalized spacial score (nSPS) is 21.3. The highest BCUT2D eigenvalue weighted by molar-refractivity contribution is 7.18. The number of carbonyl (C=O) groups excluding carboxylic acids is 2. The second-order valence-corrected chi connectivity index (χ2v) is 9.35. The maximum Gasteiger partial charge on any atom is 0.228 e. The number of carbonyl (C=O) groups is 2. The minimum absolute atomic E-state index is 0.00237. The van der Waals surface area contributed by atoms with Crippen LogP contribution in [0.3, 0.4) is 0 Å². The summed E-state index contributed by atoms with van der Waals surface area (Å²) in [4.78, 5) is 34.8. The number of anilines is 1. The Morgan fingerprint density at radius 2 is 2.06 bits per heavy atom. The summed E-state index contributed by atoms with van der Waals surface area (Å²) < 4.78 is 6.61. The standard InChI is InChI=1S/C24H25N3O3S/c1-15-9-10-20(30-2)19(12-15)27-14-16(13-22(27)28)24(29)26-11-5-7-18(26)23-25-17-6-3-4-8-21(17)31-23/h3-4,6,8-10,12,16,18H,5,7,11,13-14H2,1-2H3. The number of amides is 2. The molecule has 1 aromatic heterocycles. The zero-order valence-corrected chi connectivity index (χ0v) is 18.5. The number of aromatic nitrogens is 1. The summed E-state index contributed by atoms with van der Waals surface area (Å²) in [5.41, 5.74) is 2.77. The van der Waals surface area contributed by atoms with Gasteiger partial charge in [0.05, 0.1) is 35.0 Å². The maximum absolute atomic E-state index is 13.5. The Kier molecular flexibility index (Phi) is 5.14. The Bertz CT molecular complexity index is 1120. The van der Waals surface area contributed by atoms with Gasteiger partial charge in [-0.05, 0) is 49.6 Å². The van der Waals surface area contributed by atoms with Crippen LogP contribution in [0, 0.1) is 12.8 Å². The minimum Gasteiger partial charge on any atom is -0.495 e. The maximum atomic E-state index is 13.5. The number of ether oxygens (including phenoxy) is 1. The minimum atomic E-state index is -0.340. The van der Waals surface area contributed by atoms with Gasteiger partial charge in [0.1, 0.15) is 10.8 Å². The van der Waals surface area contributed by atoms with E-state index in [0.717, 1.165) is 45.9 Å². The number of hydrogen-bond acceptors (Lipinski definition) is 5. The van der Waals surface area contributed by atoms with Gasteiger partial charge in [-0.2, -0.15) is 0 Å². The topological polar surface area (TPSA) is 62.7 Å². The van der Waals surface area contributed by atoms with Crippen LogP contribution in [-0.4, -0.2) is 41.9 Å². The third-order valence-corrected chi connectivity index (χ3v) is 7.37. The Labute approximate surface area is 185 Å². The quantitative estimate of drug-likeness (QED) is 0.612. The van der Waals surface area contributed by atoms with Crippen LogP contribution in [0.4, 0.5) is 5.69 Å². The van der Waals surface area contributed by atoms with Gasteiger partial charge in [-0.15, -0.1) is 11.3 Å². The lowest BCUT2D eigenvalue weighted by molar-refractivity contribution is -0.136. The van der Waals surface area contributed by atoms with Gasteiger partial charge in [-0.1, -0.05) is 18.2 Å². The summed E-state index contributed by atoms with van der Waals surface area (Å²) in [6.07, 6.45) is 2.11. The van der Waals surface area contributed by atoms with Gasteiger partial charge in [0.15, 0.2) is 0 Å². The number of thiazole rings is 1. The first-order valence-corrected chi connectivity index (χ1v) is 11.5. The zero-order valence-electron chi connectivity index (χ0n) is 17.7. The number of nitrogens with zero attached hydrogens (tertiary/aromatic N) is 3. The van der Waals surface area contributed by atoms with E-state index in [0.29, 0.717) is 12.3 Å². The molecule has 5 rings (SSSR count). The molecule has 6 nitrogen and oxygen atoms in total. The van der Waals surface area contributed by atoms with E-state index in [1.54, 1.807) is 23.3 Å². The number of rotatable bonds is 4. The van der Waals surface area contributed by atoms with Crippen molar-refractivity contribution >= 4 is 39.1 Å². The molecule has 2 fully saturated rings. The fourth-order valence-electron chi connectivity index (χ4n) is 4.67. The van der Waals surface area contributed by atoms with Crippen molar-refractivity contribution in [2.24, 2.45) is 5.92 Å². The fraction of sp³-hybridized carbons (Fsp3) is 0.375. The van der Waals surface area contributed by atoms with Crippen LogP contribution in [0.25, 0.3) is 10.2 Å². The molecule has 0 aliphatic carbocycles. The van der Waals surface area contributed by atoms with Crippen LogP contribution < -0.4 is 9.64 Å². The van der Waals surface area contributed by atoms with Crippen molar-refractivity contribution in [2.75, 3.05) is 25.1 Å². The molecule has 2 atom stereocenters. The van der Waals surface area contributed by atoms with E-state index in [2.05, 4.69) is 6.07 Å². The average Bonchev–Trinajstić information content (AvgIpc) is 3.50. The van der Waals surface area contributed by atoms with E-state index in [9.17, 15) is 9.59 Å². The number of likely N-dealkylation sites (tertiary alicyclic amines) is 1. The third kappa shape index (κ3) is 3.57.